The van der Waals surface area contributed by atoms with Crippen molar-refractivity contribution in [3.05, 3.63) is 102 Å². The Morgan fingerprint density at radius 3 is 2.51 bits per heavy atom. The Balaban J connectivity index is 1.81. The quantitative estimate of drug-likeness (QED) is 0.400. The van der Waals surface area contributed by atoms with Crippen LogP contribution in [0.1, 0.15) is 43.1 Å². The molecule has 0 bridgehead atoms. The van der Waals surface area contributed by atoms with E-state index in [-0.39, 0.29) is 5.56 Å². The van der Waals surface area contributed by atoms with Gasteiger partial charge in [0.2, 0.25) is 0 Å². The molecule has 0 fully saturated rings. The van der Waals surface area contributed by atoms with E-state index in [2.05, 4.69) is 30.5 Å². The lowest BCUT2D eigenvalue weighted by Crippen LogP contribution is -2.40. The lowest BCUT2D eigenvalue weighted by molar-refractivity contribution is -0.136. The van der Waals surface area contributed by atoms with E-state index < -0.39 is 12.0 Å². The molecule has 0 saturated heterocycles. The van der Waals surface area contributed by atoms with Gasteiger partial charge >= 0.3 is 5.97 Å². The highest BCUT2D eigenvalue weighted by Crippen LogP contribution is 2.32. The molecule has 1 aliphatic rings. The van der Waals surface area contributed by atoms with Crippen molar-refractivity contribution >= 4 is 34.3 Å². The first kappa shape index (κ1) is 23.1. The van der Waals surface area contributed by atoms with E-state index in [1.165, 1.54) is 18.4 Å². The summed E-state index contributed by atoms with van der Waals surface area (Å²) < 4.78 is 9.63. The minimum atomic E-state index is -0.588. The number of rotatable bonds is 5. The second kappa shape index (κ2) is 9.15. The van der Waals surface area contributed by atoms with E-state index in [0.29, 0.717) is 27.0 Å². The molecular formula is C28H27N3O3S. The second-order valence-corrected chi connectivity index (χ2v) is 9.47. The summed E-state index contributed by atoms with van der Waals surface area (Å²) in [6, 6.07) is 17.3. The van der Waals surface area contributed by atoms with E-state index >= 15 is 0 Å². The summed E-state index contributed by atoms with van der Waals surface area (Å²) in [5.74, 6) is -0.462. The van der Waals surface area contributed by atoms with Gasteiger partial charge < -0.3 is 9.30 Å². The van der Waals surface area contributed by atoms with Crippen LogP contribution in [0.5, 0.6) is 0 Å². The lowest BCUT2D eigenvalue weighted by Gasteiger charge is -2.25. The molecule has 4 aromatic rings. The molecular weight excluding hydrogens is 458 g/mol. The number of methoxy groups -OCH3 is 1. The fourth-order valence-electron chi connectivity index (χ4n) is 4.99. The number of benzene rings is 2. The van der Waals surface area contributed by atoms with Crippen LogP contribution in [0.2, 0.25) is 0 Å². The number of nitrogens with zero attached hydrogens (tertiary/aromatic N) is 3. The van der Waals surface area contributed by atoms with Crippen molar-refractivity contribution in [3.63, 3.8) is 0 Å². The summed E-state index contributed by atoms with van der Waals surface area (Å²) in [5.41, 5.74) is 5.05. The van der Waals surface area contributed by atoms with Crippen molar-refractivity contribution in [2.24, 2.45) is 4.99 Å². The molecule has 0 N–H and O–H groups in total. The Morgan fingerprint density at radius 1 is 1.11 bits per heavy atom. The second-order valence-electron chi connectivity index (χ2n) is 8.46. The number of aryl methyl sites for hydroxylation is 1. The molecule has 2 aromatic carbocycles. The summed E-state index contributed by atoms with van der Waals surface area (Å²) in [4.78, 5) is 32.1. The topological polar surface area (TPSA) is 65.6 Å². The maximum Gasteiger partial charge on any atom is 0.338 e. The van der Waals surface area contributed by atoms with Gasteiger partial charge in [0.05, 0.1) is 29.0 Å². The Morgan fingerprint density at radius 2 is 1.83 bits per heavy atom. The van der Waals surface area contributed by atoms with Crippen LogP contribution in [0.4, 0.5) is 0 Å². The molecule has 0 saturated carbocycles. The first-order valence-corrected chi connectivity index (χ1v) is 12.6. The van der Waals surface area contributed by atoms with Gasteiger partial charge in [-0.15, -0.1) is 0 Å². The van der Waals surface area contributed by atoms with Gasteiger partial charge in [-0.3, -0.25) is 9.36 Å². The van der Waals surface area contributed by atoms with E-state index in [4.69, 9.17) is 9.73 Å². The number of hydrogen-bond donors (Lipinski definition) is 0. The van der Waals surface area contributed by atoms with Crippen molar-refractivity contribution in [2.45, 2.75) is 39.8 Å². The normalized spacial score (nSPS) is 15.9. The third-order valence-electron chi connectivity index (χ3n) is 6.64. The van der Waals surface area contributed by atoms with Gasteiger partial charge in [0.15, 0.2) is 4.80 Å². The van der Waals surface area contributed by atoms with Crippen molar-refractivity contribution in [3.8, 4) is 0 Å². The van der Waals surface area contributed by atoms with Crippen LogP contribution in [0, 0.1) is 6.92 Å². The number of aromatic nitrogens is 2. The maximum absolute atomic E-state index is 13.9. The zero-order chi connectivity index (χ0) is 24.7. The van der Waals surface area contributed by atoms with Gasteiger partial charge in [-0.25, -0.2) is 9.79 Å². The van der Waals surface area contributed by atoms with Gasteiger partial charge in [0.25, 0.3) is 5.56 Å². The molecule has 1 aliphatic heterocycles. The van der Waals surface area contributed by atoms with Gasteiger partial charge in [-0.2, -0.15) is 0 Å². The molecule has 0 amide bonds. The molecule has 5 rings (SSSR count). The number of ether oxygens (including phenoxy) is 1. The van der Waals surface area contributed by atoms with Crippen LogP contribution >= 0.6 is 11.3 Å². The number of esters is 1. The number of thiazole rings is 1. The average molecular weight is 486 g/mol. The number of para-hydroxylation sites is 1. The molecule has 0 spiro atoms. The van der Waals surface area contributed by atoms with E-state index in [1.807, 2.05) is 55.5 Å². The Kier molecular flexibility index (Phi) is 6.03. The lowest BCUT2D eigenvalue weighted by atomic mass is 9.95. The maximum atomic E-state index is 13.9. The van der Waals surface area contributed by atoms with Crippen molar-refractivity contribution in [2.75, 3.05) is 7.11 Å². The molecule has 3 heterocycles. The summed E-state index contributed by atoms with van der Waals surface area (Å²) in [7, 11) is 1.36. The van der Waals surface area contributed by atoms with Crippen LogP contribution in [0.25, 0.3) is 17.0 Å². The van der Waals surface area contributed by atoms with Crippen molar-refractivity contribution in [1.82, 2.24) is 9.13 Å². The number of carbonyl (C=O) groups excluding carboxylic acids is 1. The number of allylic oxidation sites excluding steroid dienone is 1. The van der Waals surface area contributed by atoms with E-state index in [1.54, 1.807) is 4.57 Å². The average Bonchev–Trinajstić information content (AvgIpc) is 3.35. The molecule has 35 heavy (non-hydrogen) atoms. The third kappa shape index (κ3) is 3.67. The van der Waals surface area contributed by atoms with Crippen LogP contribution in [0.3, 0.4) is 0 Å². The largest absolute Gasteiger partial charge is 0.466 e. The third-order valence-corrected chi connectivity index (χ3v) is 7.62. The predicted molar refractivity (Wildman–Crippen MR) is 139 cm³/mol. The molecule has 0 radical (unpaired) electrons. The van der Waals surface area contributed by atoms with Gasteiger partial charge in [-0.1, -0.05) is 66.8 Å². The SMILES string of the molecule is CCC1=C(C(=O)OC)[C@H](c2ccccc2)n2c(s/c(=C/c3c(C)n(CC)c4ccccc34)c2=O)=N1. The highest BCUT2D eigenvalue weighted by atomic mass is 32.1. The van der Waals surface area contributed by atoms with E-state index in [0.717, 1.165) is 34.3 Å². The predicted octanol–water partition coefficient (Wildman–Crippen LogP) is 4.08. The van der Waals surface area contributed by atoms with Crippen LogP contribution in [-0.4, -0.2) is 22.2 Å². The summed E-state index contributed by atoms with van der Waals surface area (Å²) in [6.07, 6.45) is 2.53. The van der Waals surface area contributed by atoms with Crippen LogP contribution in [0.15, 0.2) is 75.7 Å². The van der Waals surface area contributed by atoms with Gasteiger partial charge in [-0.05, 0) is 38.0 Å². The first-order chi connectivity index (χ1) is 17.0. The summed E-state index contributed by atoms with van der Waals surface area (Å²) in [5, 5.41) is 1.11. The molecule has 6 nitrogen and oxygen atoms in total. The van der Waals surface area contributed by atoms with Gasteiger partial charge in [0, 0.05) is 28.7 Å². The molecule has 1 atom stereocenters. The Labute approximate surface area is 207 Å². The van der Waals surface area contributed by atoms with Crippen molar-refractivity contribution < 1.29 is 9.53 Å². The summed E-state index contributed by atoms with van der Waals surface area (Å²) >= 11 is 1.36. The minimum Gasteiger partial charge on any atom is -0.466 e. The zero-order valence-electron chi connectivity index (χ0n) is 20.2. The molecule has 7 heteroatoms. The highest BCUT2D eigenvalue weighted by molar-refractivity contribution is 7.07. The fourth-order valence-corrected chi connectivity index (χ4v) is 6.00. The molecule has 178 valence electrons. The zero-order valence-corrected chi connectivity index (χ0v) is 21.1. The van der Waals surface area contributed by atoms with Crippen molar-refractivity contribution in [1.29, 1.82) is 0 Å². The van der Waals surface area contributed by atoms with Crippen LogP contribution < -0.4 is 14.9 Å². The number of carbonyl (C=O) groups is 1. The first-order valence-electron chi connectivity index (χ1n) is 11.8. The number of hydrogen-bond acceptors (Lipinski definition) is 5. The fraction of sp³-hybridized carbons (Fsp3) is 0.250. The Bertz CT molecular complexity index is 1660. The standard InChI is InChI=1S/C28H27N3O3S/c1-5-21-24(27(33)34-4)25(18-12-8-7-9-13-18)31-26(32)23(35-28(31)29-21)16-20-17(3)30(6-2)22-15-11-10-14-19(20)22/h7-16,25H,5-6H2,1-4H3/b23-16+/t25-/m0/s1. The highest BCUT2D eigenvalue weighted by Gasteiger charge is 2.33. The van der Waals surface area contributed by atoms with Crippen LogP contribution in [-0.2, 0) is 16.1 Å². The Hall–Kier alpha value is -3.71. The monoisotopic (exact) mass is 485 g/mol. The molecule has 0 unspecified atom stereocenters. The molecule has 2 aromatic heterocycles. The van der Waals surface area contributed by atoms with Gasteiger partial charge in [0.1, 0.15) is 0 Å². The smallest absolute Gasteiger partial charge is 0.338 e. The minimum absolute atomic E-state index is 0.160. The molecule has 0 aliphatic carbocycles. The summed E-state index contributed by atoms with van der Waals surface area (Å²) in [6.45, 7) is 7.01. The van der Waals surface area contributed by atoms with E-state index in [9.17, 15) is 9.59 Å². The number of fused-ring (bicyclic) bond motifs is 2.